The van der Waals surface area contributed by atoms with Crippen LogP contribution < -0.4 is 4.90 Å². The monoisotopic (exact) mass is 315 g/mol. The highest BCUT2D eigenvalue weighted by atomic mass is 16.6. The molecular formula is C16H17N3O4. The second-order valence-electron chi connectivity index (χ2n) is 4.74. The summed E-state index contributed by atoms with van der Waals surface area (Å²) >= 11 is 0. The average Bonchev–Trinajstić information content (AvgIpc) is 2.58. The van der Waals surface area contributed by atoms with E-state index in [0.29, 0.717) is 0 Å². The van der Waals surface area contributed by atoms with Crippen molar-refractivity contribution >= 4 is 18.0 Å². The van der Waals surface area contributed by atoms with Crippen molar-refractivity contribution in [3.05, 3.63) is 54.4 Å². The Kier molecular flexibility index (Phi) is 6.05. The van der Waals surface area contributed by atoms with Crippen molar-refractivity contribution in [3.63, 3.8) is 0 Å². The summed E-state index contributed by atoms with van der Waals surface area (Å²) in [5, 5.41) is 8.72. The highest BCUT2D eigenvalue weighted by molar-refractivity contribution is 5.85. The lowest BCUT2D eigenvalue weighted by Gasteiger charge is -2.19. The Morgan fingerprint density at radius 2 is 1.78 bits per heavy atom. The first-order chi connectivity index (χ1) is 11.2. The number of nitrogens with zero attached hydrogens (tertiary/aromatic N) is 3. The molecule has 0 spiro atoms. The van der Waals surface area contributed by atoms with Crippen LogP contribution in [0.25, 0.3) is 0 Å². The van der Waals surface area contributed by atoms with Crippen LogP contribution in [0.4, 0.5) is 10.7 Å². The number of amides is 1. The Bertz CT molecular complexity index is 634. The zero-order valence-corrected chi connectivity index (χ0v) is 12.5. The average molecular weight is 315 g/mol. The minimum absolute atomic E-state index is 0.0463. The predicted molar refractivity (Wildman–Crippen MR) is 82.9 cm³/mol. The van der Waals surface area contributed by atoms with Gasteiger partial charge in [-0.05, 0) is 18.1 Å². The lowest BCUT2D eigenvalue weighted by atomic mass is 10.2. The van der Waals surface area contributed by atoms with Gasteiger partial charge in [0.2, 0.25) is 5.95 Å². The van der Waals surface area contributed by atoms with Gasteiger partial charge in [0.15, 0.2) is 0 Å². The second kappa shape index (κ2) is 8.47. The van der Waals surface area contributed by atoms with E-state index in [4.69, 9.17) is 9.84 Å². The number of hydrogen-bond donors (Lipinski definition) is 1. The third kappa shape index (κ3) is 5.39. The molecular weight excluding hydrogens is 298 g/mol. The number of ether oxygens (including phenoxy) is 1. The fraction of sp³-hybridized carbons (Fsp3) is 0.250. The Hall–Kier alpha value is -2.96. The Morgan fingerprint density at radius 1 is 1.09 bits per heavy atom. The molecule has 7 nitrogen and oxygen atoms in total. The number of aromatic nitrogens is 2. The molecule has 120 valence electrons. The van der Waals surface area contributed by atoms with Crippen LogP contribution in [0.2, 0.25) is 0 Å². The molecule has 0 bridgehead atoms. The SMILES string of the molecule is O=C(O)CCCN(C(=O)OCc1ccccc1)c1ncccn1. The van der Waals surface area contributed by atoms with E-state index < -0.39 is 12.1 Å². The molecule has 2 aromatic rings. The van der Waals surface area contributed by atoms with Gasteiger partial charge in [-0.15, -0.1) is 0 Å². The number of anilines is 1. The fourth-order valence-corrected chi connectivity index (χ4v) is 1.89. The van der Waals surface area contributed by atoms with E-state index in [1.54, 1.807) is 6.07 Å². The number of carboxylic acid groups (broad SMARTS) is 1. The molecule has 0 aliphatic heterocycles. The summed E-state index contributed by atoms with van der Waals surface area (Å²) in [6, 6.07) is 10.9. The van der Waals surface area contributed by atoms with E-state index in [-0.39, 0.29) is 31.9 Å². The zero-order chi connectivity index (χ0) is 16.5. The van der Waals surface area contributed by atoms with Gasteiger partial charge in [-0.25, -0.2) is 19.7 Å². The molecule has 1 heterocycles. The van der Waals surface area contributed by atoms with E-state index in [0.717, 1.165) is 5.56 Å². The molecule has 0 aliphatic rings. The maximum atomic E-state index is 12.3. The molecule has 7 heteroatoms. The van der Waals surface area contributed by atoms with E-state index >= 15 is 0 Å². The Morgan fingerprint density at radius 3 is 2.43 bits per heavy atom. The largest absolute Gasteiger partial charge is 0.481 e. The second-order valence-corrected chi connectivity index (χ2v) is 4.74. The quantitative estimate of drug-likeness (QED) is 0.844. The number of hydrogen-bond acceptors (Lipinski definition) is 5. The van der Waals surface area contributed by atoms with Gasteiger partial charge in [0.1, 0.15) is 6.61 Å². The van der Waals surface area contributed by atoms with Crippen LogP contribution in [0.1, 0.15) is 18.4 Å². The van der Waals surface area contributed by atoms with Crippen LogP contribution in [-0.4, -0.2) is 33.7 Å². The van der Waals surface area contributed by atoms with Crippen LogP contribution >= 0.6 is 0 Å². The number of carboxylic acids is 1. The standard InChI is InChI=1S/C16H17N3O4/c20-14(21)8-4-11-19(15-17-9-5-10-18-15)16(22)23-12-13-6-2-1-3-7-13/h1-3,5-7,9-10H,4,8,11-12H2,(H,20,21). The summed E-state index contributed by atoms with van der Waals surface area (Å²) in [4.78, 5) is 32.2. The molecule has 1 N–H and O–H groups in total. The zero-order valence-electron chi connectivity index (χ0n) is 12.5. The van der Waals surface area contributed by atoms with Crippen LogP contribution in [-0.2, 0) is 16.1 Å². The minimum atomic E-state index is -0.920. The maximum Gasteiger partial charge on any atom is 0.417 e. The third-order valence-corrected chi connectivity index (χ3v) is 2.99. The van der Waals surface area contributed by atoms with Crippen LogP contribution in [0.5, 0.6) is 0 Å². The number of rotatable bonds is 7. The van der Waals surface area contributed by atoms with Gasteiger partial charge in [-0.2, -0.15) is 0 Å². The molecule has 0 radical (unpaired) electrons. The Balaban J connectivity index is 2.00. The third-order valence-electron chi connectivity index (χ3n) is 2.99. The summed E-state index contributed by atoms with van der Waals surface area (Å²) < 4.78 is 5.26. The van der Waals surface area contributed by atoms with E-state index in [1.165, 1.54) is 17.3 Å². The number of benzene rings is 1. The summed E-state index contributed by atoms with van der Waals surface area (Å²) in [5.74, 6) is -0.729. The van der Waals surface area contributed by atoms with Crippen molar-refractivity contribution in [2.75, 3.05) is 11.4 Å². The summed E-state index contributed by atoms with van der Waals surface area (Å²) in [5.41, 5.74) is 0.861. The summed E-state index contributed by atoms with van der Waals surface area (Å²) in [6.45, 7) is 0.297. The molecule has 1 amide bonds. The van der Waals surface area contributed by atoms with Crippen LogP contribution in [0.15, 0.2) is 48.8 Å². The maximum absolute atomic E-state index is 12.3. The van der Waals surface area contributed by atoms with E-state index in [1.807, 2.05) is 30.3 Å². The van der Waals surface area contributed by atoms with Crippen molar-refractivity contribution in [2.24, 2.45) is 0 Å². The molecule has 0 fully saturated rings. The van der Waals surface area contributed by atoms with Gasteiger partial charge >= 0.3 is 12.1 Å². The predicted octanol–water partition coefficient (Wildman–Crippen LogP) is 2.48. The van der Waals surface area contributed by atoms with Crippen molar-refractivity contribution in [2.45, 2.75) is 19.4 Å². The van der Waals surface area contributed by atoms with E-state index in [2.05, 4.69) is 9.97 Å². The summed E-state index contributed by atoms with van der Waals surface area (Å²) in [7, 11) is 0. The molecule has 0 unspecified atom stereocenters. The highest BCUT2D eigenvalue weighted by Crippen LogP contribution is 2.11. The van der Waals surface area contributed by atoms with Gasteiger partial charge in [-0.1, -0.05) is 30.3 Å². The smallest absolute Gasteiger partial charge is 0.417 e. The molecule has 23 heavy (non-hydrogen) atoms. The van der Waals surface area contributed by atoms with Crippen molar-refractivity contribution in [1.82, 2.24) is 9.97 Å². The molecule has 0 aliphatic carbocycles. The van der Waals surface area contributed by atoms with Crippen molar-refractivity contribution in [3.8, 4) is 0 Å². The van der Waals surface area contributed by atoms with Crippen LogP contribution in [0.3, 0.4) is 0 Å². The highest BCUT2D eigenvalue weighted by Gasteiger charge is 2.19. The van der Waals surface area contributed by atoms with Crippen molar-refractivity contribution in [1.29, 1.82) is 0 Å². The van der Waals surface area contributed by atoms with Gasteiger partial charge in [0.05, 0.1) is 0 Å². The summed E-state index contributed by atoms with van der Waals surface area (Å²) in [6.07, 6.45) is 2.66. The molecule has 0 atom stereocenters. The first-order valence-corrected chi connectivity index (χ1v) is 7.14. The van der Waals surface area contributed by atoms with Gasteiger partial charge < -0.3 is 9.84 Å². The molecule has 1 aromatic heterocycles. The number of carbonyl (C=O) groups excluding carboxylic acids is 1. The molecule has 1 aromatic carbocycles. The topological polar surface area (TPSA) is 92.6 Å². The lowest BCUT2D eigenvalue weighted by molar-refractivity contribution is -0.137. The molecule has 0 saturated heterocycles. The minimum Gasteiger partial charge on any atom is -0.481 e. The fourth-order valence-electron chi connectivity index (χ4n) is 1.89. The normalized spacial score (nSPS) is 10.1. The number of aliphatic carboxylic acids is 1. The first kappa shape index (κ1) is 16.4. The van der Waals surface area contributed by atoms with Gasteiger partial charge in [0.25, 0.3) is 0 Å². The van der Waals surface area contributed by atoms with Gasteiger partial charge in [0, 0.05) is 25.4 Å². The van der Waals surface area contributed by atoms with Crippen LogP contribution in [0, 0.1) is 0 Å². The Labute approximate surface area is 133 Å². The number of carbonyl (C=O) groups is 2. The van der Waals surface area contributed by atoms with Crippen molar-refractivity contribution < 1.29 is 19.4 Å². The van der Waals surface area contributed by atoms with Gasteiger partial charge in [-0.3, -0.25) is 4.79 Å². The molecule has 2 rings (SSSR count). The lowest BCUT2D eigenvalue weighted by Crippen LogP contribution is -2.34. The first-order valence-electron chi connectivity index (χ1n) is 7.14. The van der Waals surface area contributed by atoms with E-state index in [9.17, 15) is 9.59 Å². The molecule has 0 saturated carbocycles.